The summed E-state index contributed by atoms with van der Waals surface area (Å²) >= 11 is 0. The molecule has 176 valence electrons. The quantitative estimate of drug-likeness (QED) is 0.519. The van der Waals surface area contributed by atoms with Crippen LogP contribution in [0.5, 0.6) is 0 Å². The van der Waals surface area contributed by atoms with E-state index in [2.05, 4.69) is 10.6 Å². The SMILES string of the molecule is C[C@H](NS(=O)(=O)c1ccccc1C(F)(F)F)C(=O)Nc1cccc(CN2C(=O)CNC2=O)c1. The average molecular weight is 484 g/mol. The Morgan fingerprint density at radius 3 is 2.48 bits per heavy atom. The highest BCUT2D eigenvalue weighted by molar-refractivity contribution is 7.89. The number of halogens is 3. The molecule has 13 heteroatoms. The first-order chi connectivity index (χ1) is 15.4. The number of hydrogen-bond acceptors (Lipinski definition) is 5. The summed E-state index contributed by atoms with van der Waals surface area (Å²) in [6, 6.07) is 7.83. The van der Waals surface area contributed by atoms with Crippen LogP contribution in [0.15, 0.2) is 53.4 Å². The number of alkyl halides is 3. The fourth-order valence-electron chi connectivity index (χ4n) is 3.08. The van der Waals surface area contributed by atoms with E-state index >= 15 is 0 Å². The van der Waals surface area contributed by atoms with Gasteiger partial charge in [0.25, 0.3) is 0 Å². The smallest absolute Gasteiger partial charge is 0.329 e. The molecule has 2 aromatic rings. The van der Waals surface area contributed by atoms with Crippen molar-refractivity contribution in [3.63, 3.8) is 0 Å². The van der Waals surface area contributed by atoms with Crippen molar-refractivity contribution in [1.82, 2.24) is 14.9 Å². The Morgan fingerprint density at radius 1 is 1.15 bits per heavy atom. The maximum atomic E-state index is 13.2. The number of nitrogens with one attached hydrogen (secondary N) is 3. The van der Waals surface area contributed by atoms with E-state index in [-0.39, 0.29) is 18.8 Å². The number of carbonyl (C=O) groups is 3. The second-order valence-electron chi connectivity index (χ2n) is 7.17. The van der Waals surface area contributed by atoms with Gasteiger partial charge >= 0.3 is 12.2 Å². The van der Waals surface area contributed by atoms with Crippen LogP contribution in [0.2, 0.25) is 0 Å². The van der Waals surface area contributed by atoms with Crippen LogP contribution in [0.1, 0.15) is 18.1 Å². The van der Waals surface area contributed by atoms with E-state index in [1.54, 1.807) is 12.1 Å². The lowest BCUT2D eigenvalue weighted by Gasteiger charge is -2.18. The van der Waals surface area contributed by atoms with Crippen molar-refractivity contribution in [2.24, 2.45) is 0 Å². The Bertz CT molecular complexity index is 1180. The Labute approximate surface area is 187 Å². The molecule has 33 heavy (non-hydrogen) atoms. The fourth-order valence-corrected chi connectivity index (χ4v) is 4.51. The first kappa shape index (κ1) is 24.2. The van der Waals surface area contributed by atoms with Crippen LogP contribution in [0.4, 0.5) is 23.7 Å². The van der Waals surface area contributed by atoms with Crippen molar-refractivity contribution < 1.29 is 36.0 Å². The maximum Gasteiger partial charge on any atom is 0.417 e. The topological polar surface area (TPSA) is 125 Å². The zero-order chi connectivity index (χ0) is 24.4. The summed E-state index contributed by atoms with van der Waals surface area (Å²) in [5.74, 6) is -1.23. The molecule has 1 aliphatic heterocycles. The molecule has 0 spiro atoms. The maximum absolute atomic E-state index is 13.2. The van der Waals surface area contributed by atoms with Crippen LogP contribution >= 0.6 is 0 Å². The Hall–Kier alpha value is -3.45. The van der Waals surface area contributed by atoms with Crippen molar-refractivity contribution in [3.05, 3.63) is 59.7 Å². The molecule has 4 amide bonds. The molecule has 0 aliphatic carbocycles. The zero-order valence-electron chi connectivity index (χ0n) is 17.1. The number of amides is 4. The van der Waals surface area contributed by atoms with Crippen molar-refractivity contribution in [1.29, 1.82) is 0 Å². The number of nitrogens with zero attached hydrogens (tertiary/aromatic N) is 1. The Balaban J connectivity index is 1.70. The van der Waals surface area contributed by atoms with Gasteiger partial charge < -0.3 is 10.6 Å². The predicted molar refractivity (Wildman–Crippen MR) is 110 cm³/mol. The van der Waals surface area contributed by atoms with E-state index < -0.39 is 50.5 Å². The zero-order valence-corrected chi connectivity index (χ0v) is 18.0. The number of urea groups is 1. The first-order valence-electron chi connectivity index (χ1n) is 9.55. The third-order valence-electron chi connectivity index (χ3n) is 4.68. The van der Waals surface area contributed by atoms with Crippen molar-refractivity contribution in [2.75, 3.05) is 11.9 Å². The second-order valence-corrected chi connectivity index (χ2v) is 8.85. The minimum absolute atomic E-state index is 0.0369. The van der Waals surface area contributed by atoms with Crippen LogP contribution in [-0.4, -0.2) is 43.7 Å². The number of imide groups is 1. The van der Waals surface area contributed by atoms with Crippen LogP contribution < -0.4 is 15.4 Å². The standard InChI is InChI=1S/C20H19F3N4O5S/c1-12(26-33(31,32)16-8-3-2-7-15(16)20(21,22)23)18(29)25-14-6-4-5-13(9-14)11-27-17(28)10-24-19(27)30/h2-9,12,26H,10-11H2,1H3,(H,24,30)(H,25,29)/t12-/m0/s1. The van der Waals surface area contributed by atoms with E-state index in [0.29, 0.717) is 11.6 Å². The average Bonchev–Trinajstić information content (AvgIpc) is 3.05. The molecule has 1 heterocycles. The van der Waals surface area contributed by atoms with E-state index in [1.807, 2.05) is 4.72 Å². The molecule has 1 fully saturated rings. The van der Waals surface area contributed by atoms with Crippen LogP contribution in [0.25, 0.3) is 0 Å². The molecule has 0 aromatic heterocycles. The Kier molecular flexibility index (Phi) is 6.74. The van der Waals surface area contributed by atoms with Gasteiger partial charge in [0.1, 0.15) is 0 Å². The molecule has 1 atom stereocenters. The molecule has 1 saturated heterocycles. The molecule has 3 rings (SSSR count). The molecule has 0 saturated carbocycles. The van der Waals surface area contributed by atoms with E-state index in [4.69, 9.17) is 0 Å². The lowest BCUT2D eigenvalue weighted by molar-refractivity contribution is -0.139. The summed E-state index contributed by atoms with van der Waals surface area (Å²) in [6.07, 6.45) is -4.90. The predicted octanol–water partition coefficient (Wildman–Crippen LogP) is 2.06. The number of rotatable bonds is 7. The van der Waals surface area contributed by atoms with Gasteiger partial charge in [-0.05, 0) is 36.8 Å². The lowest BCUT2D eigenvalue weighted by Crippen LogP contribution is -2.42. The molecule has 2 aromatic carbocycles. The largest absolute Gasteiger partial charge is 0.417 e. The fraction of sp³-hybridized carbons (Fsp3) is 0.250. The summed E-state index contributed by atoms with van der Waals surface area (Å²) in [4.78, 5) is 35.9. The number of anilines is 1. The molecule has 1 aliphatic rings. The number of hydrogen-bond donors (Lipinski definition) is 3. The highest BCUT2D eigenvalue weighted by Crippen LogP contribution is 2.33. The van der Waals surface area contributed by atoms with Gasteiger partial charge in [-0.2, -0.15) is 17.9 Å². The van der Waals surface area contributed by atoms with Crippen molar-refractivity contribution in [2.45, 2.75) is 30.6 Å². The monoisotopic (exact) mass is 484 g/mol. The van der Waals surface area contributed by atoms with Crippen LogP contribution in [-0.2, 0) is 32.3 Å². The second kappa shape index (κ2) is 9.19. The van der Waals surface area contributed by atoms with E-state index in [1.165, 1.54) is 19.1 Å². The summed E-state index contributed by atoms with van der Waals surface area (Å²) in [7, 11) is -4.67. The molecule has 0 bridgehead atoms. The van der Waals surface area contributed by atoms with E-state index in [9.17, 15) is 36.0 Å². The van der Waals surface area contributed by atoms with Gasteiger partial charge in [0.15, 0.2) is 0 Å². The first-order valence-corrected chi connectivity index (χ1v) is 11.0. The third kappa shape index (κ3) is 5.68. The third-order valence-corrected chi connectivity index (χ3v) is 6.28. The van der Waals surface area contributed by atoms with Crippen molar-refractivity contribution in [3.8, 4) is 0 Å². The van der Waals surface area contributed by atoms with Gasteiger partial charge in [-0.15, -0.1) is 0 Å². The van der Waals surface area contributed by atoms with Gasteiger partial charge in [-0.25, -0.2) is 13.2 Å². The van der Waals surface area contributed by atoms with Crippen LogP contribution in [0.3, 0.4) is 0 Å². The molecular formula is C20H19F3N4O5S. The summed E-state index contributed by atoms with van der Waals surface area (Å²) in [5.41, 5.74) is -0.588. The molecule has 3 N–H and O–H groups in total. The Morgan fingerprint density at radius 2 is 1.85 bits per heavy atom. The van der Waals surface area contributed by atoms with Gasteiger partial charge in [0.05, 0.1) is 29.6 Å². The van der Waals surface area contributed by atoms with Crippen molar-refractivity contribution >= 4 is 33.6 Å². The normalized spacial score (nSPS) is 15.3. The number of carbonyl (C=O) groups excluding carboxylic acids is 3. The molecule has 0 radical (unpaired) electrons. The van der Waals surface area contributed by atoms with Gasteiger partial charge in [-0.1, -0.05) is 24.3 Å². The number of benzene rings is 2. The molecule has 0 unspecified atom stereocenters. The summed E-state index contributed by atoms with van der Waals surface area (Å²) < 4.78 is 66.5. The van der Waals surface area contributed by atoms with Gasteiger partial charge in [-0.3, -0.25) is 14.5 Å². The number of sulfonamides is 1. The lowest BCUT2D eigenvalue weighted by atomic mass is 10.2. The highest BCUT2D eigenvalue weighted by Gasteiger charge is 2.37. The minimum Gasteiger partial charge on any atom is -0.329 e. The summed E-state index contributed by atoms with van der Waals surface area (Å²) in [5, 5.41) is 4.84. The summed E-state index contributed by atoms with van der Waals surface area (Å²) in [6.45, 7) is 1.04. The molecular weight excluding hydrogens is 465 g/mol. The van der Waals surface area contributed by atoms with Gasteiger partial charge in [0, 0.05) is 5.69 Å². The van der Waals surface area contributed by atoms with E-state index in [0.717, 1.165) is 23.1 Å². The molecule has 9 nitrogen and oxygen atoms in total. The highest BCUT2D eigenvalue weighted by atomic mass is 32.2. The van der Waals surface area contributed by atoms with Gasteiger partial charge in [0.2, 0.25) is 21.8 Å². The minimum atomic E-state index is -4.90. The van der Waals surface area contributed by atoms with Crippen LogP contribution in [0, 0.1) is 0 Å².